The van der Waals surface area contributed by atoms with E-state index < -0.39 is 6.09 Å². The molecule has 0 heterocycles. The van der Waals surface area contributed by atoms with Gasteiger partial charge >= 0.3 is 6.09 Å². The number of carbonyl (C=O) groups is 1. The first-order chi connectivity index (χ1) is 7.22. The van der Waals surface area contributed by atoms with E-state index in [-0.39, 0.29) is 0 Å². The molecule has 1 rings (SSSR count). The molecule has 0 fully saturated rings. The molecule has 15 heavy (non-hydrogen) atoms. The zero-order chi connectivity index (χ0) is 11.1. The van der Waals surface area contributed by atoms with Crippen molar-refractivity contribution in [3.8, 4) is 0 Å². The molecule has 0 aliphatic carbocycles. The van der Waals surface area contributed by atoms with Gasteiger partial charge in [0, 0.05) is 13.6 Å². The van der Waals surface area contributed by atoms with Crippen molar-refractivity contribution >= 4 is 6.09 Å². The van der Waals surface area contributed by atoms with Crippen molar-refractivity contribution in [2.24, 2.45) is 0 Å². The van der Waals surface area contributed by atoms with Crippen molar-refractivity contribution in [3.63, 3.8) is 0 Å². The summed E-state index contributed by atoms with van der Waals surface area (Å²) in [5.74, 6) is 0. The normalized spacial score (nSPS) is 10.1. The summed E-state index contributed by atoms with van der Waals surface area (Å²) in [5.41, 5.74) is 3.55. The lowest BCUT2D eigenvalue weighted by Crippen LogP contribution is -2.39. The molecule has 0 aliphatic heterocycles. The third kappa shape index (κ3) is 4.46. The van der Waals surface area contributed by atoms with Gasteiger partial charge in [-0.05, 0) is 5.56 Å². The second-order valence-electron chi connectivity index (χ2n) is 3.19. The molecule has 0 radical (unpaired) electrons. The van der Waals surface area contributed by atoms with E-state index in [2.05, 4.69) is 5.43 Å². The highest BCUT2D eigenvalue weighted by atomic mass is 16.6. The van der Waals surface area contributed by atoms with Crippen LogP contribution in [0.2, 0.25) is 0 Å². The minimum absolute atomic E-state index is 0.296. The number of amides is 1. The number of carbonyl (C=O) groups excluding carboxylic acids is 1. The average molecular weight is 208 g/mol. The smallest absolute Gasteiger partial charge is 0.422 e. The van der Waals surface area contributed by atoms with Gasteiger partial charge in [0.2, 0.25) is 0 Å². The maximum atomic E-state index is 11.2. The van der Waals surface area contributed by atoms with Gasteiger partial charge in [-0.2, -0.15) is 0 Å². The van der Waals surface area contributed by atoms with Crippen LogP contribution in [0, 0.1) is 0 Å². The third-order valence-corrected chi connectivity index (χ3v) is 1.97. The van der Waals surface area contributed by atoms with Gasteiger partial charge in [0.05, 0.1) is 0 Å². The Morgan fingerprint density at radius 3 is 2.67 bits per heavy atom. The van der Waals surface area contributed by atoms with Crippen LogP contribution in [-0.2, 0) is 11.3 Å². The van der Waals surface area contributed by atoms with Crippen LogP contribution in [-0.4, -0.2) is 24.7 Å². The molecule has 1 amide bonds. The molecule has 0 saturated carbocycles. The molecule has 4 nitrogen and oxygen atoms in total. The van der Waals surface area contributed by atoms with Crippen molar-refractivity contribution in [2.45, 2.75) is 13.5 Å². The van der Waals surface area contributed by atoms with Crippen LogP contribution in [0.4, 0.5) is 4.79 Å². The van der Waals surface area contributed by atoms with Gasteiger partial charge in [-0.3, -0.25) is 5.43 Å². The first-order valence-electron chi connectivity index (χ1n) is 4.91. The second-order valence-corrected chi connectivity index (χ2v) is 3.19. The highest BCUT2D eigenvalue weighted by Crippen LogP contribution is 2.00. The van der Waals surface area contributed by atoms with Crippen molar-refractivity contribution in [3.05, 3.63) is 35.9 Å². The number of nitrogens with zero attached hydrogens (tertiary/aromatic N) is 1. The second kappa shape index (κ2) is 6.03. The van der Waals surface area contributed by atoms with E-state index in [0.717, 1.165) is 12.1 Å². The van der Waals surface area contributed by atoms with E-state index in [4.69, 9.17) is 4.74 Å². The molecule has 4 heteroatoms. The molecule has 0 aromatic heterocycles. The van der Waals surface area contributed by atoms with Crippen LogP contribution in [0.25, 0.3) is 0 Å². The van der Waals surface area contributed by atoms with Gasteiger partial charge < -0.3 is 4.74 Å². The Morgan fingerprint density at radius 1 is 1.40 bits per heavy atom. The van der Waals surface area contributed by atoms with E-state index >= 15 is 0 Å². The minimum Gasteiger partial charge on any atom is -0.444 e. The maximum Gasteiger partial charge on any atom is 0.422 e. The van der Waals surface area contributed by atoms with Crippen molar-refractivity contribution in [1.82, 2.24) is 10.4 Å². The quantitative estimate of drug-likeness (QED) is 0.767. The van der Waals surface area contributed by atoms with Gasteiger partial charge in [-0.25, -0.2) is 9.80 Å². The lowest BCUT2D eigenvalue weighted by atomic mass is 10.2. The van der Waals surface area contributed by atoms with Crippen LogP contribution in [0.5, 0.6) is 0 Å². The molecule has 0 atom stereocenters. The van der Waals surface area contributed by atoms with E-state index in [0.29, 0.717) is 6.61 Å². The molecule has 82 valence electrons. The van der Waals surface area contributed by atoms with Crippen LogP contribution in [0.3, 0.4) is 0 Å². The van der Waals surface area contributed by atoms with Gasteiger partial charge in [0.1, 0.15) is 6.61 Å². The summed E-state index contributed by atoms with van der Waals surface area (Å²) in [5, 5.41) is 1.66. The number of hydrogen-bond acceptors (Lipinski definition) is 3. The highest BCUT2D eigenvalue weighted by molar-refractivity contribution is 5.66. The number of hydrogen-bond donors (Lipinski definition) is 1. The van der Waals surface area contributed by atoms with Crippen molar-refractivity contribution < 1.29 is 9.53 Å². The fourth-order valence-corrected chi connectivity index (χ4v) is 0.990. The molecule has 1 N–H and O–H groups in total. The number of nitrogens with one attached hydrogen (secondary N) is 1. The predicted molar refractivity (Wildman–Crippen MR) is 58.1 cm³/mol. The summed E-state index contributed by atoms with van der Waals surface area (Å²) in [6, 6.07) is 9.57. The molecule has 0 spiro atoms. The number of ether oxygens (including phenoxy) is 1. The van der Waals surface area contributed by atoms with Gasteiger partial charge in [0.25, 0.3) is 0 Å². The number of hydrazine groups is 1. The van der Waals surface area contributed by atoms with Gasteiger partial charge in [-0.1, -0.05) is 37.3 Å². The van der Waals surface area contributed by atoms with Gasteiger partial charge in [0.15, 0.2) is 0 Å². The lowest BCUT2D eigenvalue weighted by Gasteiger charge is -2.15. The zero-order valence-corrected chi connectivity index (χ0v) is 9.06. The monoisotopic (exact) mass is 208 g/mol. The molecule has 1 aromatic carbocycles. The summed E-state index contributed by atoms with van der Waals surface area (Å²) in [6.07, 6.45) is -0.428. The maximum absolute atomic E-state index is 11.2. The first-order valence-corrected chi connectivity index (χ1v) is 4.91. The summed E-state index contributed by atoms with van der Waals surface area (Å²) >= 11 is 0. The minimum atomic E-state index is -0.428. The molecule has 0 saturated heterocycles. The Bertz CT molecular complexity index is 301. The van der Waals surface area contributed by atoms with Crippen molar-refractivity contribution in [1.29, 1.82) is 0 Å². The van der Waals surface area contributed by atoms with Crippen LogP contribution < -0.4 is 5.43 Å². The average Bonchev–Trinajstić information content (AvgIpc) is 2.27. The molecular weight excluding hydrogens is 192 g/mol. The first kappa shape index (κ1) is 11.5. The summed E-state index contributed by atoms with van der Waals surface area (Å²) < 4.78 is 5.01. The molecule has 1 aromatic rings. The predicted octanol–water partition coefficient (Wildman–Crippen LogP) is 1.78. The van der Waals surface area contributed by atoms with E-state index in [1.54, 1.807) is 12.1 Å². The highest BCUT2D eigenvalue weighted by Gasteiger charge is 2.03. The van der Waals surface area contributed by atoms with Crippen LogP contribution >= 0.6 is 0 Å². The van der Waals surface area contributed by atoms with Crippen LogP contribution in [0.15, 0.2) is 30.3 Å². The largest absolute Gasteiger partial charge is 0.444 e. The Morgan fingerprint density at radius 2 is 2.07 bits per heavy atom. The molecule has 0 aliphatic rings. The fourth-order valence-electron chi connectivity index (χ4n) is 0.990. The third-order valence-electron chi connectivity index (χ3n) is 1.97. The Labute approximate surface area is 89.8 Å². The van der Waals surface area contributed by atoms with Crippen molar-refractivity contribution in [2.75, 3.05) is 13.6 Å². The number of benzene rings is 1. The SMILES string of the molecule is CCN(C)NC(=O)OCc1ccccc1. The van der Waals surface area contributed by atoms with E-state index in [1.807, 2.05) is 37.3 Å². The summed E-state index contributed by atoms with van der Waals surface area (Å²) in [6.45, 7) is 2.97. The molecular formula is C11H16N2O2. The van der Waals surface area contributed by atoms with Gasteiger partial charge in [-0.15, -0.1) is 0 Å². The summed E-state index contributed by atoms with van der Waals surface area (Å²) in [4.78, 5) is 11.2. The number of rotatable bonds is 4. The van der Waals surface area contributed by atoms with E-state index in [1.165, 1.54) is 0 Å². The van der Waals surface area contributed by atoms with E-state index in [9.17, 15) is 4.79 Å². The molecule has 0 unspecified atom stereocenters. The zero-order valence-electron chi connectivity index (χ0n) is 9.06. The topological polar surface area (TPSA) is 41.6 Å². The Hall–Kier alpha value is -1.55. The Kier molecular flexibility index (Phi) is 4.63. The standard InChI is InChI=1S/C11H16N2O2/c1-3-13(2)12-11(14)15-9-10-7-5-4-6-8-10/h4-8H,3,9H2,1-2H3,(H,12,14). The lowest BCUT2D eigenvalue weighted by molar-refractivity contribution is 0.111. The fraction of sp³-hybridized carbons (Fsp3) is 0.364. The summed E-state index contributed by atoms with van der Waals surface area (Å²) in [7, 11) is 1.78. The van der Waals surface area contributed by atoms with Crippen LogP contribution in [0.1, 0.15) is 12.5 Å². The Balaban J connectivity index is 2.29. The molecule has 0 bridgehead atoms.